The topological polar surface area (TPSA) is 83.5 Å². The van der Waals surface area contributed by atoms with Crippen LogP contribution in [-0.4, -0.2) is 25.5 Å². The van der Waals surface area contributed by atoms with Crippen molar-refractivity contribution >= 4 is 16.0 Å². The molecule has 0 spiro atoms. The van der Waals surface area contributed by atoms with Crippen molar-refractivity contribution in [3.63, 3.8) is 0 Å². The lowest BCUT2D eigenvalue weighted by atomic mass is 10.1. The number of carbonyl (C=O) groups is 1. The summed E-state index contributed by atoms with van der Waals surface area (Å²) in [7, 11) is -3.94. The van der Waals surface area contributed by atoms with Gasteiger partial charge in [-0.3, -0.25) is 4.79 Å². The van der Waals surface area contributed by atoms with E-state index in [1.807, 2.05) is 0 Å². The average Bonchev–Trinajstić information content (AvgIpc) is 3.12. The van der Waals surface area contributed by atoms with Crippen molar-refractivity contribution in [2.24, 2.45) is 5.92 Å². The van der Waals surface area contributed by atoms with E-state index in [2.05, 4.69) is 4.72 Å². The maximum Gasteiger partial charge on any atom is 0.321 e. The van der Waals surface area contributed by atoms with Gasteiger partial charge in [0.05, 0.1) is 4.90 Å². The molecule has 2 N–H and O–H groups in total. The van der Waals surface area contributed by atoms with Crippen molar-refractivity contribution in [2.75, 3.05) is 0 Å². The smallest absolute Gasteiger partial charge is 0.321 e. The third kappa shape index (κ3) is 3.74. The minimum Gasteiger partial charge on any atom is -0.480 e. The van der Waals surface area contributed by atoms with Gasteiger partial charge < -0.3 is 5.11 Å². The lowest BCUT2D eigenvalue weighted by molar-refractivity contribution is -0.139. The molecule has 0 heterocycles. The molecule has 0 aromatic heterocycles. The Bertz CT molecular complexity index is 566. The fourth-order valence-corrected chi connectivity index (χ4v) is 2.96. The van der Waals surface area contributed by atoms with Crippen LogP contribution >= 0.6 is 0 Å². The van der Waals surface area contributed by atoms with Crippen molar-refractivity contribution in [3.8, 4) is 0 Å². The number of carboxylic acids is 1. The third-order valence-electron chi connectivity index (χ3n) is 2.99. The van der Waals surface area contributed by atoms with E-state index < -0.39 is 27.9 Å². The molecule has 0 bridgehead atoms. The number of halogens is 1. The molecule has 0 unspecified atom stereocenters. The minimum absolute atomic E-state index is 0.143. The molecule has 1 saturated carbocycles. The predicted molar refractivity (Wildman–Crippen MR) is 65.5 cm³/mol. The maximum absolute atomic E-state index is 12.7. The zero-order valence-electron chi connectivity index (χ0n) is 10.0. The van der Waals surface area contributed by atoms with Gasteiger partial charge >= 0.3 is 5.97 Å². The molecule has 0 saturated heterocycles. The van der Waals surface area contributed by atoms with Gasteiger partial charge in [0.1, 0.15) is 11.9 Å². The Hall–Kier alpha value is -1.47. The zero-order chi connectivity index (χ0) is 14.0. The Morgan fingerprint density at radius 2 is 1.95 bits per heavy atom. The summed E-state index contributed by atoms with van der Waals surface area (Å²) in [5.41, 5.74) is 0. The number of benzene rings is 1. The first-order valence-corrected chi connectivity index (χ1v) is 7.37. The number of sulfonamides is 1. The zero-order valence-corrected chi connectivity index (χ0v) is 10.9. The fourth-order valence-electron chi connectivity index (χ4n) is 1.76. The second kappa shape index (κ2) is 5.26. The summed E-state index contributed by atoms with van der Waals surface area (Å²) in [6.45, 7) is 0. The first kappa shape index (κ1) is 14.0. The highest BCUT2D eigenvalue weighted by Gasteiger charge is 2.32. The number of hydrogen-bond donors (Lipinski definition) is 2. The van der Waals surface area contributed by atoms with Crippen molar-refractivity contribution in [2.45, 2.75) is 30.2 Å². The third-order valence-corrected chi connectivity index (χ3v) is 4.47. The van der Waals surface area contributed by atoms with Crippen LogP contribution in [0.2, 0.25) is 0 Å². The maximum atomic E-state index is 12.7. The molecule has 19 heavy (non-hydrogen) atoms. The number of nitrogens with one attached hydrogen (secondary N) is 1. The van der Waals surface area contributed by atoms with Gasteiger partial charge in [-0.1, -0.05) is 12.8 Å². The fraction of sp³-hybridized carbons (Fsp3) is 0.417. The van der Waals surface area contributed by atoms with E-state index in [9.17, 15) is 17.6 Å². The average molecular weight is 287 g/mol. The van der Waals surface area contributed by atoms with Crippen LogP contribution in [0, 0.1) is 11.7 Å². The molecule has 5 nitrogen and oxygen atoms in total. The molecule has 1 atom stereocenters. The summed E-state index contributed by atoms with van der Waals surface area (Å²) in [6.07, 6.45) is 2.15. The van der Waals surface area contributed by atoms with Crippen LogP contribution in [0.1, 0.15) is 19.3 Å². The second-order valence-electron chi connectivity index (χ2n) is 4.65. The first-order chi connectivity index (χ1) is 8.88. The minimum atomic E-state index is -3.94. The molecule has 1 aliphatic carbocycles. The van der Waals surface area contributed by atoms with E-state index >= 15 is 0 Å². The summed E-state index contributed by atoms with van der Waals surface area (Å²) in [5.74, 6) is -1.47. The van der Waals surface area contributed by atoms with Crippen LogP contribution in [0.25, 0.3) is 0 Å². The standard InChI is InChI=1S/C12H14FNO4S/c13-9-3-5-10(6-4-9)19(17,18)14-11(12(15)16)7-8-1-2-8/h3-6,8,11,14H,1-2,7H2,(H,15,16)/t11-/m0/s1. The summed E-state index contributed by atoms with van der Waals surface area (Å²) in [5, 5.41) is 9.02. The molecule has 0 radical (unpaired) electrons. The number of aliphatic carboxylic acids is 1. The Kier molecular flexibility index (Phi) is 3.86. The number of carboxylic acid groups (broad SMARTS) is 1. The molecule has 0 aliphatic heterocycles. The molecular weight excluding hydrogens is 273 g/mol. The van der Waals surface area contributed by atoms with E-state index in [4.69, 9.17) is 5.11 Å². The lowest BCUT2D eigenvalue weighted by Gasteiger charge is -2.14. The Balaban J connectivity index is 2.13. The van der Waals surface area contributed by atoms with E-state index in [0.29, 0.717) is 0 Å². The van der Waals surface area contributed by atoms with Gasteiger partial charge in [-0.2, -0.15) is 4.72 Å². The molecule has 0 amide bonds. The number of hydrogen-bond acceptors (Lipinski definition) is 3. The second-order valence-corrected chi connectivity index (χ2v) is 6.36. The molecular formula is C12H14FNO4S. The Morgan fingerprint density at radius 3 is 2.42 bits per heavy atom. The van der Waals surface area contributed by atoms with Crippen LogP contribution in [0.4, 0.5) is 4.39 Å². The van der Waals surface area contributed by atoms with Gasteiger partial charge in [0, 0.05) is 0 Å². The number of rotatable bonds is 6. The predicted octanol–water partition coefficient (Wildman–Crippen LogP) is 1.36. The van der Waals surface area contributed by atoms with Crippen molar-refractivity contribution in [1.29, 1.82) is 0 Å². The summed E-state index contributed by atoms with van der Waals surface area (Å²) < 4.78 is 38.8. The molecule has 7 heteroatoms. The largest absolute Gasteiger partial charge is 0.480 e. The molecule has 104 valence electrons. The van der Waals surface area contributed by atoms with Gasteiger partial charge in [0.15, 0.2) is 0 Å². The molecule has 1 fully saturated rings. The normalized spacial score (nSPS) is 17.1. The highest BCUT2D eigenvalue weighted by molar-refractivity contribution is 7.89. The SMILES string of the molecule is O=C(O)[C@H](CC1CC1)NS(=O)(=O)c1ccc(F)cc1. The highest BCUT2D eigenvalue weighted by Crippen LogP contribution is 2.33. The van der Waals surface area contributed by atoms with Crippen LogP contribution < -0.4 is 4.72 Å². The van der Waals surface area contributed by atoms with Gasteiger partial charge in [-0.15, -0.1) is 0 Å². The first-order valence-electron chi connectivity index (χ1n) is 5.89. The van der Waals surface area contributed by atoms with Crippen LogP contribution in [0.15, 0.2) is 29.2 Å². The highest BCUT2D eigenvalue weighted by atomic mass is 32.2. The molecule has 2 rings (SSSR count). The van der Waals surface area contributed by atoms with Gasteiger partial charge in [-0.25, -0.2) is 12.8 Å². The Morgan fingerprint density at radius 1 is 1.37 bits per heavy atom. The van der Waals surface area contributed by atoms with Gasteiger partial charge in [0.2, 0.25) is 10.0 Å². The van der Waals surface area contributed by atoms with E-state index in [1.54, 1.807) is 0 Å². The van der Waals surface area contributed by atoms with E-state index in [0.717, 1.165) is 37.1 Å². The molecule has 1 aliphatic rings. The van der Waals surface area contributed by atoms with Gasteiger partial charge in [0.25, 0.3) is 0 Å². The summed E-state index contributed by atoms with van der Waals surface area (Å²) >= 11 is 0. The van der Waals surface area contributed by atoms with E-state index in [1.165, 1.54) is 0 Å². The van der Waals surface area contributed by atoms with Crippen LogP contribution in [0.5, 0.6) is 0 Å². The quantitative estimate of drug-likeness (QED) is 0.827. The lowest BCUT2D eigenvalue weighted by Crippen LogP contribution is -2.41. The Labute approximate surface area is 110 Å². The van der Waals surface area contributed by atoms with Crippen LogP contribution in [0.3, 0.4) is 0 Å². The molecule has 1 aromatic rings. The van der Waals surface area contributed by atoms with Gasteiger partial charge in [-0.05, 0) is 36.6 Å². The van der Waals surface area contributed by atoms with Crippen molar-refractivity contribution in [1.82, 2.24) is 4.72 Å². The van der Waals surface area contributed by atoms with Crippen molar-refractivity contribution < 1.29 is 22.7 Å². The van der Waals surface area contributed by atoms with E-state index in [-0.39, 0.29) is 17.2 Å². The van der Waals surface area contributed by atoms with Crippen LogP contribution in [-0.2, 0) is 14.8 Å². The monoisotopic (exact) mass is 287 g/mol. The summed E-state index contributed by atoms with van der Waals surface area (Å²) in [4.78, 5) is 10.9. The van der Waals surface area contributed by atoms with Crippen molar-refractivity contribution in [3.05, 3.63) is 30.1 Å². The summed E-state index contributed by atoms with van der Waals surface area (Å²) in [6, 6.07) is 3.11. The molecule has 1 aromatic carbocycles.